The first kappa shape index (κ1) is 13.1. The van der Waals surface area contributed by atoms with Crippen molar-refractivity contribution in [1.82, 2.24) is 10.9 Å². The maximum atomic E-state index is 12.8. The van der Waals surface area contributed by atoms with Crippen LogP contribution in [0.1, 0.15) is 20.9 Å². The van der Waals surface area contributed by atoms with Gasteiger partial charge in [-0.15, -0.1) is 0 Å². The maximum Gasteiger partial charge on any atom is 0.305 e. The van der Waals surface area contributed by atoms with Crippen molar-refractivity contribution in [2.45, 2.75) is 0 Å². The van der Waals surface area contributed by atoms with Crippen molar-refractivity contribution in [3.63, 3.8) is 0 Å². The fourth-order valence-corrected chi connectivity index (χ4v) is 1.58. The van der Waals surface area contributed by atoms with Gasteiger partial charge in [-0.2, -0.15) is 0 Å². The van der Waals surface area contributed by atoms with Gasteiger partial charge in [0, 0.05) is 0 Å². The second-order valence-electron chi connectivity index (χ2n) is 3.51. The molecule has 2 rings (SSSR count). The van der Waals surface area contributed by atoms with E-state index in [1.54, 1.807) is 0 Å². The molecule has 0 atom stereocenters. The normalized spacial score (nSPS) is 10.0. The molecule has 0 bridgehead atoms. The summed E-state index contributed by atoms with van der Waals surface area (Å²) in [5, 5.41) is -0.0512. The Morgan fingerprint density at radius 2 is 1.89 bits per heavy atom. The van der Waals surface area contributed by atoms with E-state index >= 15 is 0 Å². The highest BCUT2D eigenvalue weighted by Gasteiger charge is 2.13. The van der Waals surface area contributed by atoms with Gasteiger partial charge in [0.05, 0.1) is 16.8 Å². The molecule has 0 radical (unpaired) electrons. The molecular formula is C12H8ClFN2O3. The summed E-state index contributed by atoms with van der Waals surface area (Å²) >= 11 is 5.71. The zero-order chi connectivity index (χ0) is 13.8. The molecule has 2 aromatic rings. The summed E-state index contributed by atoms with van der Waals surface area (Å²) in [5.74, 6) is -1.78. The summed E-state index contributed by atoms with van der Waals surface area (Å²) in [6.45, 7) is 0. The number of hydrogen-bond acceptors (Lipinski definition) is 3. The third-order valence-corrected chi connectivity index (χ3v) is 2.52. The molecule has 5 nitrogen and oxygen atoms in total. The molecule has 19 heavy (non-hydrogen) atoms. The van der Waals surface area contributed by atoms with E-state index in [9.17, 15) is 14.0 Å². The van der Waals surface area contributed by atoms with Crippen molar-refractivity contribution in [3.8, 4) is 0 Å². The Hall–Kier alpha value is -2.34. The second kappa shape index (κ2) is 5.53. The molecule has 98 valence electrons. The largest absolute Gasteiger partial charge is 0.459 e. The van der Waals surface area contributed by atoms with E-state index in [4.69, 9.17) is 16.0 Å². The standard InChI is InChI=1S/C12H8ClFN2O3/c13-9-6-7(14)3-4-8(9)11(17)15-16-12(18)10-2-1-5-19-10/h1-6H,(H,15,17)(H,16,18). The van der Waals surface area contributed by atoms with Crippen LogP contribution in [0.2, 0.25) is 5.02 Å². The van der Waals surface area contributed by atoms with Gasteiger partial charge < -0.3 is 4.42 Å². The highest BCUT2D eigenvalue weighted by molar-refractivity contribution is 6.33. The van der Waals surface area contributed by atoms with Crippen LogP contribution in [0, 0.1) is 5.82 Å². The number of halogens is 2. The number of amides is 2. The van der Waals surface area contributed by atoms with Crippen molar-refractivity contribution in [1.29, 1.82) is 0 Å². The zero-order valence-electron chi connectivity index (χ0n) is 9.44. The van der Waals surface area contributed by atoms with Crippen molar-refractivity contribution in [3.05, 3.63) is 58.8 Å². The van der Waals surface area contributed by atoms with Crippen LogP contribution in [0.4, 0.5) is 4.39 Å². The third-order valence-electron chi connectivity index (χ3n) is 2.21. The van der Waals surface area contributed by atoms with E-state index in [-0.39, 0.29) is 16.3 Å². The summed E-state index contributed by atoms with van der Waals surface area (Å²) in [4.78, 5) is 23.2. The topological polar surface area (TPSA) is 71.3 Å². The average molecular weight is 283 g/mol. The van der Waals surface area contributed by atoms with Crippen molar-refractivity contribution in [2.75, 3.05) is 0 Å². The van der Waals surface area contributed by atoms with Gasteiger partial charge in [0.1, 0.15) is 5.82 Å². The van der Waals surface area contributed by atoms with E-state index in [0.29, 0.717) is 0 Å². The van der Waals surface area contributed by atoms with E-state index in [1.807, 2.05) is 0 Å². The van der Waals surface area contributed by atoms with Gasteiger partial charge >= 0.3 is 5.91 Å². The molecule has 1 aromatic heterocycles. The molecule has 1 heterocycles. The number of benzene rings is 1. The minimum absolute atomic E-state index is 0.0443. The number of hydrogen-bond donors (Lipinski definition) is 2. The second-order valence-corrected chi connectivity index (χ2v) is 3.92. The predicted octanol–water partition coefficient (Wildman–Crippen LogP) is 2.15. The first-order valence-electron chi connectivity index (χ1n) is 5.17. The summed E-state index contributed by atoms with van der Waals surface area (Å²) in [6, 6.07) is 6.28. The van der Waals surface area contributed by atoms with Crippen molar-refractivity contribution >= 4 is 23.4 Å². The third kappa shape index (κ3) is 3.11. The van der Waals surface area contributed by atoms with Gasteiger partial charge in [0.25, 0.3) is 5.91 Å². The Bertz CT molecular complexity index is 613. The van der Waals surface area contributed by atoms with Crippen molar-refractivity contribution < 1.29 is 18.4 Å². The van der Waals surface area contributed by atoms with Crippen molar-refractivity contribution in [2.24, 2.45) is 0 Å². The predicted molar refractivity (Wildman–Crippen MR) is 65.1 cm³/mol. The molecule has 2 N–H and O–H groups in total. The quantitative estimate of drug-likeness (QED) is 0.829. The summed E-state index contributed by atoms with van der Waals surface area (Å²) in [5.41, 5.74) is 4.33. The minimum atomic E-state index is -0.662. The Morgan fingerprint density at radius 1 is 1.16 bits per heavy atom. The highest BCUT2D eigenvalue weighted by Crippen LogP contribution is 2.16. The number of hydrazine groups is 1. The lowest BCUT2D eigenvalue weighted by Gasteiger charge is -2.07. The molecule has 0 aliphatic heterocycles. The lowest BCUT2D eigenvalue weighted by molar-refractivity contribution is 0.0831. The van der Waals surface area contributed by atoms with Gasteiger partial charge in [-0.1, -0.05) is 11.6 Å². The van der Waals surface area contributed by atoms with E-state index in [2.05, 4.69) is 10.9 Å². The average Bonchev–Trinajstić information content (AvgIpc) is 2.89. The van der Waals surface area contributed by atoms with Gasteiger partial charge in [0.15, 0.2) is 5.76 Å². The lowest BCUT2D eigenvalue weighted by atomic mass is 10.2. The van der Waals surface area contributed by atoms with Gasteiger partial charge in [-0.3, -0.25) is 20.4 Å². The molecular weight excluding hydrogens is 275 g/mol. The highest BCUT2D eigenvalue weighted by atomic mass is 35.5. The zero-order valence-corrected chi connectivity index (χ0v) is 10.2. The number of nitrogens with one attached hydrogen (secondary N) is 2. The van der Waals surface area contributed by atoms with Crippen LogP contribution in [-0.2, 0) is 0 Å². The van der Waals surface area contributed by atoms with Crippen LogP contribution >= 0.6 is 11.6 Å². The summed E-state index contributed by atoms with van der Waals surface area (Å²) < 4.78 is 17.6. The summed E-state index contributed by atoms with van der Waals surface area (Å²) in [6.07, 6.45) is 1.33. The molecule has 0 spiro atoms. The van der Waals surface area contributed by atoms with Gasteiger partial charge in [-0.05, 0) is 30.3 Å². The molecule has 0 fully saturated rings. The molecule has 0 unspecified atom stereocenters. The number of furan rings is 1. The first-order valence-corrected chi connectivity index (χ1v) is 5.55. The molecule has 1 aromatic carbocycles. The Labute approximate surface area is 112 Å². The van der Waals surface area contributed by atoms with Gasteiger partial charge in [-0.25, -0.2) is 4.39 Å². The van der Waals surface area contributed by atoms with Crippen LogP contribution in [0.3, 0.4) is 0 Å². The maximum absolute atomic E-state index is 12.8. The summed E-state index contributed by atoms with van der Waals surface area (Å²) in [7, 11) is 0. The van der Waals surface area contributed by atoms with Crippen LogP contribution < -0.4 is 10.9 Å². The number of carbonyl (C=O) groups is 2. The van der Waals surface area contributed by atoms with E-state index in [1.165, 1.54) is 24.5 Å². The lowest BCUT2D eigenvalue weighted by Crippen LogP contribution is -2.41. The Morgan fingerprint density at radius 3 is 2.53 bits per heavy atom. The number of carbonyl (C=O) groups excluding carboxylic acids is 2. The molecule has 0 saturated heterocycles. The minimum Gasteiger partial charge on any atom is -0.459 e. The molecule has 0 aliphatic carbocycles. The smallest absolute Gasteiger partial charge is 0.305 e. The fraction of sp³-hybridized carbons (Fsp3) is 0. The fourth-order valence-electron chi connectivity index (χ4n) is 1.32. The molecule has 0 aliphatic rings. The van der Waals surface area contributed by atoms with Crippen LogP contribution in [0.15, 0.2) is 41.0 Å². The van der Waals surface area contributed by atoms with Crippen LogP contribution in [0.5, 0.6) is 0 Å². The van der Waals surface area contributed by atoms with Crippen LogP contribution in [-0.4, -0.2) is 11.8 Å². The van der Waals surface area contributed by atoms with E-state index in [0.717, 1.165) is 12.1 Å². The Balaban J connectivity index is 2.00. The Kier molecular flexibility index (Phi) is 3.82. The molecule has 7 heteroatoms. The first-order chi connectivity index (χ1) is 9.08. The van der Waals surface area contributed by atoms with Gasteiger partial charge in [0.2, 0.25) is 0 Å². The number of rotatable bonds is 2. The van der Waals surface area contributed by atoms with Crippen LogP contribution in [0.25, 0.3) is 0 Å². The van der Waals surface area contributed by atoms with E-state index < -0.39 is 17.6 Å². The molecule has 2 amide bonds. The SMILES string of the molecule is O=C(NNC(=O)c1ccc(F)cc1Cl)c1ccco1. The monoisotopic (exact) mass is 282 g/mol. The molecule has 0 saturated carbocycles.